The Balaban J connectivity index is 1.55. The Labute approximate surface area is 201 Å². The average molecular weight is 484 g/mol. The SMILES string of the molecule is COc1cc2[nH]cc(C(=O)C(=O)N(C)C)c2cc1C(=O)N1CCC(F)(Cc2ccc(F)cc2)CC1. The fraction of sp³-hybridized carbons (Fsp3) is 0.346. The standard InChI is InChI=1S/C26H27F2N3O4/c1-30(2)25(34)23(32)20-15-29-21-13-22(35-3)19(12-18(20)21)24(33)31-10-8-26(28,9-11-31)14-16-4-6-17(27)7-5-16/h4-7,12-13,15,29H,8-11,14H2,1-3H3. The number of likely N-dealkylation sites (tertiary alicyclic amines) is 1. The lowest BCUT2D eigenvalue weighted by Gasteiger charge is -2.36. The number of likely N-dealkylation sites (N-methyl/N-ethyl adjacent to an activating group) is 1. The monoisotopic (exact) mass is 483 g/mol. The van der Waals surface area contributed by atoms with Crippen LogP contribution in [0.2, 0.25) is 0 Å². The van der Waals surface area contributed by atoms with Crippen molar-refractivity contribution in [1.82, 2.24) is 14.8 Å². The first-order valence-electron chi connectivity index (χ1n) is 11.3. The minimum absolute atomic E-state index is 0.145. The highest BCUT2D eigenvalue weighted by atomic mass is 19.1. The quantitative estimate of drug-likeness (QED) is 0.427. The summed E-state index contributed by atoms with van der Waals surface area (Å²) < 4.78 is 34.0. The van der Waals surface area contributed by atoms with E-state index in [9.17, 15) is 18.8 Å². The molecule has 1 aliphatic heterocycles. The van der Waals surface area contributed by atoms with Gasteiger partial charge in [-0.15, -0.1) is 0 Å². The number of H-pyrrole nitrogens is 1. The number of carbonyl (C=O) groups is 3. The van der Waals surface area contributed by atoms with Gasteiger partial charge in [0.1, 0.15) is 17.2 Å². The van der Waals surface area contributed by atoms with Gasteiger partial charge in [0.15, 0.2) is 0 Å². The molecule has 0 unspecified atom stereocenters. The number of piperidine rings is 1. The Bertz CT molecular complexity index is 1280. The second kappa shape index (κ2) is 9.48. The summed E-state index contributed by atoms with van der Waals surface area (Å²) in [5, 5.41) is 0.433. The number of benzene rings is 2. The van der Waals surface area contributed by atoms with Crippen LogP contribution < -0.4 is 4.74 Å². The van der Waals surface area contributed by atoms with Crippen molar-refractivity contribution in [3.05, 3.63) is 65.1 Å². The third-order valence-corrected chi connectivity index (χ3v) is 6.46. The minimum Gasteiger partial charge on any atom is -0.496 e. The van der Waals surface area contributed by atoms with Gasteiger partial charge in [-0.2, -0.15) is 0 Å². The number of nitrogens with zero attached hydrogens (tertiary/aromatic N) is 2. The predicted molar refractivity (Wildman–Crippen MR) is 127 cm³/mol. The van der Waals surface area contributed by atoms with Crippen LogP contribution in [-0.2, 0) is 11.2 Å². The molecule has 0 bridgehead atoms. The molecule has 7 nitrogen and oxygen atoms in total. The van der Waals surface area contributed by atoms with E-state index in [2.05, 4.69) is 4.98 Å². The topological polar surface area (TPSA) is 82.7 Å². The first-order valence-corrected chi connectivity index (χ1v) is 11.3. The normalized spacial score (nSPS) is 15.2. The average Bonchev–Trinajstić information content (AvgIpc) is 3.26. The number of aromatic amines is 1. The summed E-state index contributed by atoms with van der Waals surface area (Å²) in [6.07, 6.45) is 1.88. The fourth-order valence-electron chi connectivity index (χ4n) is 4.42. The van der Waals surface area contributed by atoms with Crippen molar-refractivity contribution < 1.29 is 27.9 Å². The number of methoxy groups -OCH3 is 1. The fourth-order valence-corrected chi connectivity index (χ4v) is 4.42. The van der Waals surface area contributed by atoms with Crippen molar-refractivity contribution in [2.45, 2.75) is 24.9 Å². The van der Waals surface area contributed by atoms with Gasteiger partial charge in [0.2, 0.25) is 0 Å². The summed E-state index contributed by atoms with van der Waals surface area (Å²) in [7, 11) is 4.42. The predicted octanol–water partition coefficient (Wildman–Crippen LogP) is 3.77. The van der Waals surface area contributed by atoms with Crippen LogP contribution in [0.1, 0.15) is 39.1 Å². The van der Waals surface area contributed by atoms with E-state index in [1.54, 1.807) is 29.2 Å². The molecule has 3 aromatic rings. The summed E-state index contributed by atoms with van der Waals surface area (Å²) in [6, 6.07) is 8.92. The lowest BCUT2D eigenvalue weighted by molar-refractivity contribution is -0.124. The molecule has 1 N–H and O–H groups in total. The number of Topliss-reactive ketones (excluding diaryl/α,β-unsaturated/α-hetero) is 1. The minimum atomic E-state index is -1.49. The zero-order chi connectivity index (χ0) is 25.3. The van der Waals surface area contributed by atoms with Crippen LogP contribution in [0.5, 0.6) is 5.75 Å². The number of alkyl halides is 1. The van der Waals surface area contributed by atoms with Crippen molar-refractivity contribution in [1.29, 1.82) is 0 Å². The largest absolute Gasteiger partial charge is 0.496 e. The number of hydrogen-bond donors (Lipinski definition) is 1. The molecule has 1 aliphatic rings. The number of rotatable bonds is 6. The Kier molecular flexibility index (Phi) is 6.60. The van der Waals surface area contributed by atoms with Crippen LogP contribution in [0.3, 0.4) is 0 Å². The molecule has 184 valence electrons. The van der Waals surface area contributed by atoms with Gasteiger partial charge < -0.3 is 19.5 Å². The van der Waals surface area contributed by atoms with Gasteiger partial charge in [-0.3, -0.25) is 14.4 Å². The molecule has 0 saturated carbocycles. The molecule has 9 heteroatoms. The summed E-state index contributed by atoms with van der Waals surface area (Å²) in [6.45, 7) is 0.408. The number of amides is 2. The van der Waals surface area contributed by atoms with Gasteiger partial charge in [0.25, 0.3) is 17.6 Å². The summed E-state index contributed by atoms with van der Waals surface area (Å²) in [5.41, 5.74) is 0.161. The van der Waals surface area contributed by atoms with Crippen LogP contribution in [-0.4, -0.2) is 72.3 Å². The Morgan fingerprint density at radius 1 is 1.09 bits per heavy atom. The van der Waals surface area contributed by atoms with Gasteiger partial charge in [0, 0.05) is 56.8 Å². The molecule has 0 radical (unpaired) electrons. The lowest BCUT2D eigenvalue weighted by atomic mass is 9.86. The molecule has 0 atom stereocenters. The maximum atomic E-state index is 15.5. The second-order valence-corrected chi connectivity index (χ2v) is 9.08. The molecule has 1 saturated heterocycles. The highest BCUT2D eigenvalue weighted by Crippen LogP contribution is 2.34. The van der Waals surface area contributed by atoms with E-state index in [-0.39, 0.29) is 55.2 Å². The first kappa shape index (κ1) is 24.4. The van der Waals surface area contributed by atoms with E-state index in [4.69, 9.17) is 4.74 Å². The first-order chi connectivity index (χ1) is 16.6. The molecule has 2 heterocycles. The zero-order valence-corrected chi connectivity index (χ0v) is 19.9. The van der Waals surface area contributed by atoms with Crippen molar-refractivity contribution in [3.8, 4) is 5.75 Å². The highest BCUT2D eigenvalue weighted by Gasteiger charge is 2.37. The van der Waals surface area contributed by atoms with Crippen LogP contribution in [0.4, 0.5) is 8.78 Å². The zero-order valence-electron chi connectivity index (χ0n) is 19.9. The van der Waals surface area contributed by atoms with Crippen molar-refractivity contribution in [2.75, 3.05) is 34.3 Å². The van der Waals surface area contributed by atoms with Crippen molar-refractivity contribution >= 4 is 28.5 Å². The molecule has 1 fully saturated rings. The van der Waals surface area contributed by atoms with Crippen molar-refractivity contribution in [2.24, 2.45) is 0 Å². The van der Waals surface area contributed by atoms with Gasteiger partial charge >= 0.3 is 0 Å². The summed E-state index contributed by atoms with van der Waals surface area (Å²) in [4.78, 5) is 43.9. The van der Waals surface area contributed by atoms with Gasteiger partial charge in [-0.25, -0.2) is 8.78 Å². The number of nitrogens with one attached hydrogen (secondary N) is 1. The molecular weight excluding hydrogens is 456 g/mol. The van der Waals surface area contributed by atoms with E-state index in [1.165, 1.54) is 44.4 Å². The molecule has 35 heavy (non-hydrogen) atoms. The summed E-state index contributed by atoms with van der Waals surface area (Å²) in [5.74, 6) is -1.76. The van der Waals surface area contributed by atoms with Gasteiger partial charge in [-0.05, 0) is 36.6 Å². The second-order valence-electron chi connectivity index (χ2n) is 9.08. The van der Waals surface area contributed by atoms with E-state index >= 15 is 4.39 Å². The summed E-state index contributed by atoms with van der Waals surface area (Å²) >= 11 is 0. The van der Waals surface area contributed by atoms with E-state index in [0.717, 1.165) is 0 Å². The third kappa shape index (κ3) is 4.89. The van der Waals surface area contributed by atoms with Crippen LogP contribution >= 0.6 is 0 Å². The number of carbonyl (C=O) groups excluding carboxylic acids is 3. The lowest BCUT2D eigenvalue weighted by Crippen LogP contribution is -2.45. The molecule has 0 aliphatic carbocycles. The number of aromatic nitrogens is 1. The maximum absolute atomic E-state index is 15.5. The molecule has 2 aromatic carbocycles. The van der Waals surface area contributed by atoms with Gasteiger partial charge in [-0.1, -0.05) is 12.1 Å². The maximum Gasteiger partial charge on any atom is 0.294 e. The molecule has 1 aromatic heterocycles. The molecule has 0 spiro atoms. The molecular formula is C26H27F2N3O4. The number of ether oxygens (including phenoxy) is 1. The van der Waals surface area contributed by atoms with E-state index in [1.807, 2.05) is 0 Å². The number of halogens is 2. The van der Waals surface area contributed by atoms with Gasteiger partial charge in [0.05, 0.1) is 18.2 Å². The Morgan fingerprint density at radius 3 is 2.34 bits per heavy atom. The Hall–Kier alpha value is -3.75. The van der Waals surface area contributed by atoms with Crippen LogP contribution in [0.25, 0.3) is 10.9 Å². The number of ketones is 1. The van der Waals surface area contributed by atoms with E-state index < -0.39 is 17.4 Å². The van der Waals surface area contributed by atoms with Crippen LogP contribution in [0.15, 0.2) is 42.6 Å². The number of fused-ring (bicyclic) bond motifs is 1. The molecule has 2 amide bonds. The van der Waals surface area contributed by atoms with Crippen molar-refractivity contribution in [3.63, 3.8) is 0 Å². The molecule has 4 rings (SSSR count). The van der Waals surface area contributed by atoms with E-state index in [0.29, 0.717) is 22.2 Å². The third-order valence-electron chi connectivity index (χ3n) is 6.46. The van der Waals surface area contributed by atoms with Crippen LogP contribution in [0, 0.1) is 5.82 Å². The number of hydrogen-bond acceptors (Lipinski definition) is 4. The Morgan fingerprint density at radius 2 is 1.74 bits per heavy atom. The smallest absolute Gasteiger partial charge is 0.294 e. The highest BCUT2D eigenvalue weighted by molar-refractivity contribution is 6.44.